The Morgan fingerprint density at radius 3 is 2.14 bits per heavy atom. The van der Waals surface area contributed by atoms with Gasteiger partial charge >= 0.3 is 5.97 Å². The summed E-state index contributed by atoms with van der Waals surface area (Å²) in [5, 5.41) is 12.4. The van der Waals surface area contributed by atoms with Crippen molar-refractivity contribution in [3.8, 4) is 22.6 Å². The minimum Gasteiger partial charge on any atom is -0.493 e. The van der Waals surface area contributed by atoms with Crippen LogP contribution in [0.5, 0.6) is 11.5 Å². The molecule has 0 radical (unpaired) electrons. The van der Waals surface area contributed by atoms with Crippen LogP contribution in [0.15, 0.2) is 91.0 Å². The van der Waals surface area contributed by atoms with Crippen molar-refractivity contribution in [3.05, 3.63) is 119 Å². The average molecular weight is 581 g/mol. The molecule has 0 aromatic heterocycles. The third kappa shape index (κ3) is 7.80. The first-order chi connectivity index (χ1) is 20.8. The van der Waals surface area contributed by atoms with Crippen molar-refractivity contribution in [2.45, 2.75) is 26.3 Å². The molecule has 0 bridgehead atoms. The van der Waals surface area contributed by atoms with Gasteiger partial charge in [0.25, 0.3) is 11.8 Å². The van der Waals surface area contributed by atoms with E-state index in [9.17, 15) is 19.5 Å². The first-order valence-corrected chi connectivity index (χ1v) is 14.1. The van der Waals surface area contributed by atoms with E-state index in [1.807, 2.05) is 61.5 Å². The molecule has 8 heteroatoms. The quantitative estimate of drug-likeness (QED) is 0.208. The number of nitrogens with zero attached hydrogens (tertiary/aromatic N) is 1. The summed E-state index contributed by atoms with van der Waals surface area (Å²) in [7, 11) is 3.11. The number of nitrogens with one attached hydrogen (secondary N) is 1. The van der Waals surface area contributed by atoms with Crippen molar-refractivity contribution in [1.82, 2.24) is 10.2 Å². The molecule has 222 valence electrons. The Morgan fingerprint density at radius 2 is 1.47 bits per heavy atom. The van der Waals surface area contributed by atoms with Crippen molar-refractivity contribution in [2.24, 2.45) is 0 Å². The molecule has 4 aromatic carbocycles. The van der Waals surface area contributed by atoms with E-state index >= 15 is 0 Å². The Labute approximate surface area is 251 Å². The number of carboxylic acids is 1. The summed E-state index contributed by atoms with van der Waals surface area (Å²) in [5.41, 5.74) is 4.95. The number of para-hydroxylation sites is 1. The summed E-state index contributed by atoms with van der Waals surface area (Å²) in [4.78, 5) is 40.4. The molecule has 0 heterocycles. The van der Waals surface area contributed by atoms with Crippen LogP contribution in [0.3, 0.4) is 0 Å². The summed E-state index contributed by atoms with van der Waals surface area (Å²) in [6, 6.07) is 27.7. The highest BCUT2D eigenvalue weighted by molar-refractivity contribution is 6.06. The predicted octanol–water partition coefficient (Wildman–Crippen LogP) is 5.77. The molecule has 0 aliphatic carbocycles. The van der Waals surface area contributed by atoms with Crippen LogP contribution < -0.4 is 14.8 Å². The normalized spacial score (nSPS) is 10.6. The van der Waals surface area contributed by atoms with Crippen molar-refractivity contribution < 1.29 is 29.0 Å². The van der Waals surface area contributed by atoms with Gasteiger partial charge in [-0.25, -0.2) is 0 Å². The summed E-state index contributed by atoms with van der Waals surface area (Å²) in [5.74, 6) is -0.436. The molecule has 2 amide bonds. The minimum absolute atomic E-state index is 0.0212. The highest BCUT2D eigenvalue weighted by Crippen LogP contribution is 2.32. The molecule has 0 atom stereocenters. The van der Waals surface area contributed by atoms with Gasteiger partial charge in [-0.1, -0.05) is 78.4 Å². The molecule has 0 saturated heterocycles. The third-order valence-corrected chi connectivity index (χ3v) is 7.17. The van der Waals surface area contributed by atoms with Gasteiger partial charge in [-0.05, 0) is 53.8 Å². The molecule has 0 unspecified atom stereocenters. The fraction of sp³-hybridized carbons (Fsp3) is 0.229. The average Bonchev–Trinajstić information content (AvgIpc) is 3.03. The van der Waals surface area contributed by atoms with Gasteiger partial charge < -0.3 is 24.8 Å². The topological polar surface area (TPSA) is 105 Å². The maximum atomic E-state index is 14.1. The van der Waals surface area contributed by atoms with Gasteiger partial charge in [-0.3, -0.25) is 14.4 Å². The van der Waals surface area contributed by atoms with Crippen LogP contribution in [0.25, 0.3) is 11.1 Å². The van der Waals surface area contributed by atoms with Gasteiger partial charge in [0.15, 0.2) is 11.5 Å². The largest absolute Gasteiger partial charge is 0.493 e. The number of carbonyl (C=O) groups is 3. The van der Waals surface area contributed by atoms with E-state index in [1.165, 1.54) is 4.90 Å². The second-order valence-electron chi connectivity index (χ2n) is 10.1. The smallest absolute Gasteiger partial charge is 0.305 e. The Bertz CT molecular complexity index is 1600. The number of methoxy groups -OCH3 is 2. The van der Waals surface area contributed by atoms with Crippen molar-refractivity contribution in [3.63, 3.8) is 0 Å². The zero-order valence-corrected chi connectivity index (χ0v) is 24.6. The standard InChI is InChI=1S/C35H36N2O6/c1-24-10-8-11-25(22-24)23-36-34(40)29-15-6-4-13-27(29)28-14-5-7-16-30(28)35(41)37(21-19-32(38)39)20-18-26-12-9-17-31(42-2)33(26)43-3/h4-17,22H,18-21,23H2,1-3H3,(H,36,40)(H,38,39). The SMILES string of the molecule is COc1cccc(CCN(CCC(=O)O)C(=O)c2ccccc2-c2ccccc2C(=O)NCc2cccc(C)c2)c1OC. The number of carbonyl (C=O) groups excluding carboxylic acids is 2. The maximum Gasteiger partial charge on any atom is 0.305 e. The number of ether oxygens (including phenoxy) is 2. The lowest BCUT2D eigenvalue weighted by atomic mass is 9.94. The van der Waals surface area contributed by atoms with E-state index < -0.39 is 5.97 Å². The molecule has 2 N–H and O–H groups in total. The monoisotopic (exact) mass is 580 g/mol. The van der Waals surface area contributed by atoms with Gasteiger partial charge in [0.05, 0.1) is 20.6 Å². The van der Waals surface area contributed by atoms with Crippen molar-refractivity contribution >= 4 is 17.8 Å². The first kappa shape index (κ1) is 30.8. The van der Waals surface area contributed by atoms with E-state index in [1.54, 1.807) is 50.6 Å². The number of hydrogen-bond donors (Lipinski definition) is 2. The number of carboxylic acid groups (broad SMARTS) is 1. The van der Waals surface area contributed by atoms with Gasteiger partial charge in [-0.15, -0.1) is 0 Å². The lowest BCUT2D eigenvalue weighted by molar-refractivity contribution is -0.137. The number of aliphatic carboxylic acids is 1. The zero-order valence-electron chi connectivity index (χ0n) is 24.6. The highest BCUT2D eigenvalue weighted by atomic mass is 16.5. The molecule has 4 rings (SSSR count). The Hall–Kier alpha value is -5.11. The number of benzene rings is 4. The molecule has 4 aromatic rings. The van der Waals surface area contributed by atoms with Gasteiger partial charge in [-0.2, -0.15) is 0 Å². The lowest BCUT2D eigenvalue weighted by Gasteiger charge is -2.24. The molecule has 43 heavy (non-hydrogen) atoms. The molecular weight excluding hydrogens is 544 g/mol. The fourth-order valence-electron chi connectivity index (χ4n) is 5.04. The second kappa shape index (κ2) is 14.7. The van der Waals surface area contributed by atoms with Crippen LogP contribution in [0, 0.1) is 6.92 Å². The molecular formula is C35H36N2O6. The first-order valence-electron chi connectivity index (χ1n) is 14.1. The number of amides is 2. The Balaban J connectivity index is 1.62. The summed E-state index contributed by atoms with van der Waals surface area (Å²) in [6.45, 7) is 2.64. The molecule has 0 fully saturated rings. The van der Waals surface area contributed by atoms with Crippen molar-refractivity contribution in [1.29, 1.82) is 0 Å². The van der Waals surface area contributed by atoms with Crippen molar-refractivity contribution in [2.75, 3.05) is 27.3 Å². The van der Waals surface area contributed by atoms with Crippen LogP contribution in [0.2, 0.25) is 0 Å². The highest BCUT2D eigenvalue weighted by Gasteiger charge is 2.23. The second-order valence-corrected chi connectivity index (χ2v) is 10.1. The molecule has 8 nitrogen and oxygen atoms in total. The van der Waals surface area contributed by atoms with E-state index in [-0.39, 0.29) is 31.3 Å². The molecule has 0 aliphatic rings. The Kier molecular flexibility index (Phi) is 10.5. The van der Waals surface area contributed by atoms with Crippen LogP contribution in [0.1, 0.15) is 43.8 Å². The van der Waals surface area contributed by atoms with E-state index in [0.29, 0.717) is 46.7 Å². The molecule has 0 aliphatic heterocycles. The number of aryl methyl sites for hydroxylation is 1. The summed E-state index contributed by atoms with van der Waals surface area (Å²) >= 11 is 0. The van der Waals surface area contributed by atoms with Gasteiger partial charge in [0, 0.05) is 30.8 Å². The third-order valence-electron chi connectivity index (χ3n) is 7.17. The zero-order chi connectivity index (χ0) is 30.8. The van der Waals surface area contributed by atoms with Crippen LogP contribution in [0.4, 0.5) is 0 Å². The van der Waals surface area contributed by atoms with Crippen LogP contribution >= 0.6 is 0 Å². The van der Waals surface area contributed by atoms with Gasteiger partial charge in [0.2, 0.25) is 0 Å². The fourth-order valence-corrected chi connectivity index (χ4v) is 5.04. The number of hydrogen-bond acceptors (Lipinski definition) is 5. The molecule has 0 spiro atoms. The maximum absolute atomic E-state index is 14.1. The van der Waals surface area contributed by atoms with E-state index in [2.05, 4.69) is 5.32 Å². The lowest BCUT2D eigenvalue weighted by Crippen LogP contribution is -2.35. The van der Waals surface area contributed by atoms with Crippen LogP contribution in [-0.4, -0.2) is 55.1 Å². The summed E-state index contributed by atoms with van der Waals surface area (Å²) in [6.07, 6.45) is 0.215. The summed E-state index contributed by atoms with van der Waals surface area (Å²) < 4.78 is 11.0. The number of rotatable bonds is 13. The van der Waals surface area contributed by atoms with Crippen LogP contribution in [-0.2, 0) is 17.8 Å². The van der Waals surface area contributed by atoms with E-state index in [4.69, 9.17) is 9.47 Å². The van der Waals surface area contributed by atoms with E-state index in [0.717, 1.165) is 16.7 Å². The Morgan fingerprint density at radius 1 is 0.791 bits per heavy atom. The predicted molar refractivity (Wildman–Crippen MR) is 166 cm³/mol. The molecule has 0 saturated carbocycles. The minimum atomic E-state index is -0.999. The van der Waals surface area contributed by atoms with Gasteiger partial charge in [0.1, 0.15) is 0 Å².